The zero-order valence-electron chi connectivity index (χ0n) is 18.6. The number of thiocarbonyl (C=S) groups is 1. The predicted molar refractivity (Wildman–Crippen MR) is 131 cm³/mol. The van der Waals surface area contributed by atoms with Crippen LogP contribution in [0.4, 0.5) is 0 Å². The minimum Gasteiger partial charge on any atom is -0.355 e. The van der Waals surface area contributed by atoms with E-state index in [1.165, 1.54) is 37.0 Å². The van der Waals surface area contributed by atoms with Crippen molar-refractivity contribution in [2.75, 3.05) is 6.54 Å². The lowest BCUT2D eigenvalue weighted by Gasteiger charge is -2.31. The van der Waals surface area contributed by atoms with Crippen molar-refractivity contribution < 1.29 is 9.59 Å². The highest BCUT2D eigenvalue weighted by Crippen LogP contribution is 2.27. The number of carbonyl (C=O) groups is 2. The Kier molecular flexibility index (Phi) is 6.31. The Morgan fingerprint density at radius 2 is 1.79 bits per heavy atom. The van der Waals surface area contributed by atoms with Crippen LogP contribution in [-0.4, -0.2) is 54.0 Å². The molecule has 9 nitrogen and oxygen atoms in total. The molecule has 1 aromatic carbocycles. The summed E-state index contributed by atoms with van der Waals surface area (Å²) in [6.07, 6.45) is 8.69. The van der Waals surface area contributed by atoms with Gasteiger partial charge in [-0.25, -0.2) is 5.10 Å². The van der Waals surface area contributed by atoms with E-state index >= 15 is 0 Å². The van der Waals surface area contributed by atoms with Gasteiger partial charge in [0.25, 0.3) is 11.8 Å². The SMILES string of the molecule is O=C1NC(=S)N(CCC2CCCCC2)C(=O)C1=Cc1ccc(-c2ccc(-c3nnn[nH]3)cc2)[nH]1. The van der Waals surface area contributed by atoms with Crippen molar-refractivity contribution in [3.05, 3.63) is 47.7 Å². The maximum Gasteiger partial charge on any atom is 0.265 e. The van der Waals surface area contributed by atoms with E-state index in [0.717, 1.165) is 23.2 Å². The molecule has 2 fully saturated rings. The molecule has 2 aliphatic rings. The molecular formula is C24H25N7O2S. The van der Waals surface area contributed by atoms with Crippen molar-refractivity contribution in [1.82, 2.24) is 35.8 Å². The van der Waals surface area contributed by atoms with Gasteiger partial charge < -0.3 is 4.98 Å². The molecule has 10 heteroatoms. The van der Waals surface area contributed by atoms with E-state index in [9.17, 15) is 9.59 Å². The van der Waals surface area contributed by atoms with Gasteiger partial charge in [-0.3, -0.25) is 19.8 Å². The Balaban J connectivity index is 1.30. The molecule has 3 heterocycles. The number of hydrogen-bond donors (Lipinski definition) is 3. The molecule has 1 aliphatic heterocycles. The van der Waals surface area contributed by atoms with Crippen LogP contribution in [0.1, 0.15) is 44.2 Å². The first-order valence-electron chi connectivity index (χ1n) is 11.5. The Labute approximate surface area is 202 Å². The smallest absolute Gasteiger partial charge is 0.265 e. The Hall–Kier alpha value is -3.66. The van der Waals surface area contributed by atoms with Gasteiger partial charge in [-0.2, -0.15) is 0 Å². The van der Waals surface area contributed by atoms with Crippen LogP contribution < -0.4 is 5.32 Å². The molecule has 0 radical (unpaired) electrons. The van der Waals surface area contributed by atoms with Crippen LogP contribution in [0.5, 0.6) is 0 Å². The molecule has 3 aromatic rings. The summed E-state index contributed by atoms with van der Waals surface area (Å²) in [5.41, 5.74) is 3.44. The minimum atomic E-state index is -0.468. The number of amides is 2. The van der Waals surface area contributed by atoms with Gasteiger partial charge in [-0.05, 0) is 58.8 Å². The Morgan fingerprint density at radius 1 is 1.03 bits per heavy atom. The van der Waals surface area contributed by atoms with Crippen molar-refractivity contribution in [3.63, 3.8) is 0 Å². The van der Waals surface area contributed by atoms with Crippen LogP contribution >= 0.6 is 12.2 Å². The standard InChI is InChI=1S/C24H25N7O2S/c32-22-19(23(33)31(24(34)26-22)13-12-15-4-2-1-3-5-15)14-18-10-11-20(25-18)16-6-8-17(9-7-16)21-27-29-30-28-21/h6-11,14-15,25H,1-5,12-13H2,(H,26,32,34)(H,27,28,29,30). The third-order valence-electron chi connectivity index (χ3n) is 6.49. The summed E-state index contributed by atoms with van der Waals surface area (Å²) in [5.74, 6) is 0.402. The second-order valence-corrected chi connectivity index (χ2v) is 9.11. The normalized spacial score (nSPS) is 18.5. The number of benzene rings is 1. The Morgan fingerprint density at radius 3 is 2.53 bits per heavy atom. The lowest BCUT2D eigenvalue weighted by atomic mass is 9.87. The van der Waals surface area contributed by atoms with E-state index in [-0.39, 0.29) is 16.6 Å². The molecule has 3 N–H and O–H groups in total. The van der Waals surface area contributed by atoms with Gasteiger partial charge >= 0.3 is 0 Å². The summed E-state index contributed by atoms with van der Waals surface area (Å²) in [6.45, 7) is 0.531. The summed E-state index contributed by atoms with van der Waals surface area (Å²) in [7, 11) is 0. The van der Waals surface area contributed by atoms with E-state index < -0.39 is 5.91 Å². The van der Waals surface area contributed by atoms with Crippen molar-refractivity contribution in [3.8, 4) is 22.6 Å². The first-order chi connectivity index (χ1) is 16.6. The number of rotatable bonds is 6. The van der Waals surface area contributed by atoms with Crippen LogP contribution in [0.3, 0.4) is 0 Å². The van der Waals surface area contributed by atoms with Gasteiger partial charge in [0.05, 0.1) is 0 Å². The molecule has 1 saturated carbocycles. The minimum absolute atomic E-state index is 0.0822. The average molecular weight is 476 g/mol. The van der Waals surface area contributed by atoms with Crippen molar-refractivity contribution in [2.45, 2.75) is 38.5 Å². The number of aromatic amines is 2. The molecule has 34 heavy (non-hydrogen) atoms. The van der Waals surface area contributed by atoms with Crippen LogP contribution in [0, 0.1) is 5.92 Å². The van der Waals surface area contributed by atoms with Crippen molar-refractivity contribution >= 4 is 35.2 Å². The molecule has 1 aliphatic carbocycles. The fourth-order valence-corrected chi connectivity index (χ4v) is 4.86. The van der Waals surface area contributed by atoms with E-state index in [1.54, 1.807) is 6.08 Å². The second-order valence-electron chi connectivity index (χ2n) is 8.72. The molecule has 174 valence electrons. The molecule has 5 rings (SSSR count). The number of hydrogen-bond acceptors (Lipinski definition) is 6. The molecule has 0 unspecified atom stereocenters. The number of nitrogens with one attached hydrogen (secondary N) is 3. The largest absolute Gasteiger partial charge is 0.355 e. The molecule has 1 saturated heterocycles. The molecule has 0 spiro atoms. The van der Waals surface area contributed by atoms with E-state index in [2.05, 4.69) is 30.9 Å². The van der Waals surface area contributed by atoms with Gasteiger partial charge in [0.2, 0.25) is 0 Å². The molecule has 2 amide bonds. The lowest BCUT2D eigenvalue weighted by Crippen LogP contribution is -2.54. The monoisotopic (exact) mass is 475 g/mol. The fraction of sp³-hybridized carbons (Fsp3) is 0.333. The fourth-order valence-electron chi connectivity index (χ4n) is 4.59. The zero-order valence-corrected chi connectivity index (χ0v) is 19.4. The highest BCUT2D eigenvalue weighted by molar-refractivity contribution is 7.80. The van der Waals surface area contributed by atoms with E-state index in [4.69, 9.17) is 12.2 Å². The molecule has 2 aromatic heterocycles. The number of aromatic nitrogens is 5. The lowest BCUT2D eigenvalue weighted by molar-refractivity contribution is -0.129. The highest BCUT2D eigenvalue weighted by atomic mass is 32.1. The third-order valence-corrected chi connectivity index (χ3v) is 6.82. The van der Waals surface area contributed by atoms with Gasteiger partial charge in [-0.15, -0.1) is 5.10 Å². The van der Waals surface area contributed by atoms with Gasteiger partial charge in [-0.1, -0.05) is 56.4 Å². The quantitative estimate of drug-likeness (QED) is 0.285. The summed E-state index contributed by atoms with van der Waals surface area (Å²) in [5, 5.41) is 16.7. The van der Waals surface area contributed by atoms with Gasteiger partial charge in [0.15, 0.2) is 10.9 Å². The first kappa shape index (κ1) is 22.1. The molecule has 0 bridgehead atoms. The van der Waals surface area contributed by atoms with Crippen molar-refractivity contribution in [1.29, 1.82) is 0 Å². The predicted octanol–water partition coefficient (Wildman–Crippen LogP) is 3.46. The number of tetrazole rings is 1. The van der Waals surface area contributed by atoms with Crippen LogP contribution in [0.25, 0.3) is 28.7 Å². The molecular weight excluding hydrogens is 450 g/mol. The number of carbonyl (C=O) groups excluding carboxylic acids is 2. The topological polar surface area (TPSA) is 120 Å². The summed E-state index contributed by atoms with van der Waals surface area (Å²) < 4.78 is 0. The van der Waals surface area contributed by atoms with Crippen LogP contribution in [0.15, 0.2) is 42.0 Å². The summed E-state index contributed by atoms with van der Waals surface area (Å²) in [6, 6.07) is 11.5. The van der Waals surface area contributed by atoms with Crippen molar-refractivity contribution in [2.24, 2.45) is 5.92 Å². The maximum atomic E-state index is 13.1. The number of nitrogens with zero attached hydrogens (tertiary/aromatic N) is 4. The maximum absolute atomic E-state index is 13.1. The summed E-state index contributed by atoms with van der Waals surface area (Å²) >= 11 is 5.30. The average Bonchev–Trinajstić information content (AvgIpc) is 3.55. The molecule has 0 atom stereocenters. The highest BCUT2D eigenvalue weighted by Gasteiger charge is 2.33. The summed E-state index contributed by atoms with van der Waals surface area (Å²) in [4.78, 5) is 30.5. The second kappa shape index (κ2) is 9.68. The number of H-pyrrole nitrogens is 2. The van der Waals surface area contributed by atoms with Crippen LogP contribution in [-0.2, 0) is 9.59 Å². The van der Waals surface area contributed by atoms with Crippen LogP contribution in [0.2, 0.25) is 0 Å². The zero-order chi connectivity index (χ0) is 23.5. The van der Waals surface area contributed by atoms with Gasteiger partial charge in [0.1, 0.15) is 5.57 Å². The third kappa shape index (κ3) is 4.67. The van der Waals surface area contributed by atoms with E-state index in [1.807, 2.05) is 36.4 Å². The first-order valence-corrected chi connectivity index (χ1v) is 11.9. The Bertz CT molecular complexity index is 1220. The van der Waals surface area contributed by atoms with Gasteiger partial charge in [0, 0.05) is 23.5 Å². The van der Waals surface area contributed by atoms with E-state index in [0.29, 0.717) is 24.0 Å².